The van der Waals surface area contributed by atoms with Crippen LogP contribution >= 0.6 is 0 Å². The van der Waals surface area contributed by atoms with Gasteiger partial charge in [0, 0.05) is 50.1 Å². The lowest BCUT2D eigenvalue weighted by atomic mass is 9.82. The molecule has 1 saturated heterocycles. The van der Waals surface area contributed by atoms with Crippen LogP contribution in [0.5, 0.6) is 0 Å². The average Bonchev–Trinajstić information content (AvgIpc) is 2.97. The zero-order valence-corrected chi connectivity index (χ0v) is 25.9. The molecule has 1 aliphatic heterocycles. The van der Waals surface area contributed by atoms with E-state index in [0.29, 0.717) is 12.5 Å². The van der Waals surface area contributed by atoms with Crippen LogP contribution in [0.3, 0.4) is 0 Å². The summed E-state index contributed by atoms with van der Waals surface area (Å²) in [7, 11) is -3.25. The molecule has 2 fully saturated rings. The van der Waals surface area contributed by atoms with Crippen LogP contribution in [0.2, 0.25) is 0 Å². The number of amides is 2. The number of nitrogens with zero attached hydrogens (tertiary/aromatic N) is 2. The maximum absolute atomic E-state index is 13.2. The standard InChI is InChI=1S/C34H45N3O4S/c1-3-37(33(38)23-25-13-15-29(16-14-25)42(2,40)41)28-17-20-36(21-18-28)22-19-32(26-9-5-4-6-10-26)35-34(39)31-24-27-11-7-8-12-30(27)31/h7-8,11-16,24,26,28,32H,3-6,9-10,17-23H2,1-2H3,(H,35,39). The van der Waals surface area contributed by atoms with Crippen LogP contribution in [-0.4, -0.2) is 74.6 Å². The van der Waals surface area contributed by atoms with Crippen molar-refractivity contribution in [1.82, 2.24) is 15.1 Å². The first-order valence-electron chi connectivity index (χ1n) is 15.7. The Morgan fingerprint density at radius 3 is 2.31 bits per heavy atom. The topological polar surface area (TPSA) is 86.8 Å². The molecular formula is C34H45N3O4S. The Balaban J connectivity index is 1.13. The minimum atomic E-state index is -3.25. The van der Waals surface area contributed by atoms with Crippen molar-refractivity contribution in [2.24, 2.45) is 5.92 Å². The number of fused-ring (bicyclic) bond motifs is 1. The van der Waals surface area contributed by atoms with E-state index < -0.39 is 9.84 Å². The summed E-state index contributed by atoms with van der Waals surface area (Å²) < 4.78 is 23.5. The van der Waals surface area contributed by atoms with Crippen molar-refractivity contribution in [3.63, 3.8) is 0 Å². The maximum atomic E-state index is 13.2. The van der Waals surface area contributed by atoms with Crippen molar-refractivity contribution < 1.29 is 18.0 Å². The highest BCUT2D eigenvalue weighted by Gasteiger charge is 2.30. The van der Waals surface area contributed by atoms with Gasteiger partial charge in [0.1, 0.15) is 0 Å². The zero-order chi connectivity index (χ0) is 29.7. The number of benzene rings is 2. The SMILES string of the molecule is CCN(C(=O)Cc1ccc(S(C)(=O)=O)cc1)C1CCN(CCC(NC(=O)C2=c3ccccc3=C2)C2CCCCC2)CC1. The van der Waals surface area contributed by atoms with E-state index in [1.165, 1.54) is 38.4 Å². The Morgan fingerprint density at radius 1 is 0.976 bits per heavy atom. The summed E-state index contributed by atoms with van der Waals surface area (Å²) in [5.41, 5.74) is 1.64. The van der Waals surface area contributed by atoms with Gasteiger partial charge in [0.25, 0.3) is 5.91 Å². The molecule has 2 aromatic carbocycles. The molecule has 3 aliphatic rings. The summed E-state index contributed by atoms with van der Waals surface area (Å²) >= 11 is 0. The third-order valence-corrected chi connectivity index (χ3v) is 10.6. The molecule has 8 heteroatoms. The van der Waals surface area contributed by atoms with Crippen LogP contribution in [-0.2, 0) is 25.8 Å². The van der Waals surface area contributed by atoms with E-state index in [-0.39, 0.29) is 35.2 Å². The van der Waals surface area contributed by atoms with Gasteiger partial charge in [-0.25, -0.2) is 8.42 Å². The van der Waals surface area contributed by atoms with Gasteiger partial charge in [-0.1, -0.05) is 55.7 Å². The van der Waals surface area contributed by atoms with E-state index in [9.17, 15) is 18.0 Å². The Hall–Kier alpha value is -2.97. The van der Waals surface area contributed by atoms with E-state index >= 15 is 0 Å². The summed E-state index contributed by atoms with van der Waals surface area (Å²) in [6.07, 6.45) is 12.5. The van der Waals surface area contributed by atoms with Crippen molar-refractivity contribution in [3.8, 4) is 0 Å². The molecule has 0 spiro atoms. The molecule has 2 aromatic rings. The minimum Gasteiger partial charge on any atom is -0.349 e. The Kier molecular flexibility index (Phi) is 9.84. The van der Waals surface area contributed by atoms with Gasteiger partial charge < -0.3 is 15.1 Å². The number of nitrogens with one attached hydrogen (secondary N) is 1. The second kappa shape index (κ2) is 13.6. The molecule has 42 heavy (non-hydrogen) atoms. The van der Waals surface area contributed by atoms with Crippen molar-refractivity contribution in [1.29, 1.82) is 0 Å². The lowest BCUT2D eigenvalue weighted by molar-refractivity contribution is -0.133. The number of hydrogen-bond acceptors (Lipinski definition) is 5. The molecule has 2 amide bonds. The van der Waals surface area contributed by atoms with E-state index in [2.05, 4.69) is 16.3 Å². The third kappa shape index (κ3) is 7.32. The molecule has 1 unspecified atom stereocenters. The van der Waals surface area contributed by atoms with E-state index in [1.54, 1.807) is 24.3 Å². The molecule has 1 heterocycles. The number of piperidine rings is 1. The lowest BCUT2D eigenvalue weighted by Gasteiger charge is -2.39. The number of likely N-dealkylation sites (tertiary alicyclic amines) is 1. The number of carbonyl (C=O) groups excluding carboxylic acids is 2. The number of hydrogen-bond donors (Lipinski definition) is 1. The predicted octanol–water partition coefficient (Wildman–Crippen LogP) is 3.05. The van der Waals surface area contributed by atoms with E-state index in [4.69, 9.17) is 0 Å². The molecule has 0 bridgehead atoms. The van der Waals surface area contributed by atoms with Crippen molar-refractivity contribution in [2.45, 2.75) is 81.7 Å². The first-order chi connectivity index (χ1) is 20.2. The van der Waals surface area contributed by atoms with Gasteiger partial charge in [-0.15, -0.1) is 0 Å². The van der Waals surface area contributed by atoms with Crippen molar-refractivity contribution >= 4 is 33.3 Å². The highest BCUT2D eigenvalue weighted by Crippen LogP contribution is 2.29. The summed E-state index contributed by atoms with van der Waals surface area (Å²) in [4.78, 5) is 31.2. The molecule has 1 atom stereocenters. The predicted molar refractivity (Wildman–Crippen MR) is 167 cm³/mol. The lowest BCUT2D eigenvalue weighted by Crippen LogP contribution is -2.50. The molecule has 1 saturated carbocycles. The van der Waals surface area contributed by atoms with Crippen LogP contribution < -0.4 is 15.8 Å². The fraction of sp³-hybridized carbons (Fsp3) is 0.529. The molecule has 2 aliphatic carbocycles. The summed E-state index contributed by atoms with van der Waals surface area (Å²) in [6, 6.07) is 15.1. The van der Waals surface area contributed by atoms with Crippen LogP contribution in [0.4, 0.5) is 0 Å². The number of carbonyl (C=O) groups is 2. The molecule has 0 radical (unpaired) electrons. The zero-order valence-electron chi connectivity index (χ0n) is 25.1. The summed E-state index contributed by atoms with van der Waals surface area (Å²) in [5, 5.41) is 5.63. The van der Waals surface area contributed by atoms with Gasteiger partial charge in [-0.3, -0.25) is 9.59 Å². The second-order valence-corrected chi connectivity index (χ2v) is 14.3. The van der Waals surface area contributed by atoms with Gasteiger partial charge in [0.05, 0.1) is 11.3 Å². The maximum Gasteiger partial charge on any atom is 0.252 e. The van der Waals surface area contributed by atoms with Gasteiger partial charge in [-0.05, 0) is 79.2 Å². The van der Waals surface area contributed by atoms with Gasteiger partial charge in [0.2, 0.25) is 5.91 Å². The normalized spacial score (nSPS) is 18.9. The monoisotopic (exact) mass is 591 g/mol. The van der Waals surface area contributed by atoms with Crippen molar-refractivity contribution in [2.75, 3.05) is 32.4 Å². The van der Waals surface area contributed by atoms with Gasteiger partial charge in [-0.2, -0.15) is 0 Å². The molecule has 5 rings (SSSR count). The minimum absolute atomic E-state index is 0.0611. The Labute approximate surface area is 250 Å². The van der Waals surface area contributed by atoms with Gasteiger partial charge in [0.15, 0.2) is 9.84 Å². The largest absolute Gasteiger partial charge is 0.349 e. The van der Waals surface area contributed by atoms with Crippen molar-refractivity contribution in [3.05, 3.63) is 64.5 Å². The molecule has 0 aromatic heterocycles. The van der Waals surface area contributed by atoms with Crippen LogP contribution in [0.1, 0.15) is 63.9 Å². The third-order valence-electron chi connectivity index (χ3n) is 9.45. The number of likely N-dealkylation sites (N-methyl/N-ethyl adjacent to an activating group) is 1. The smallest absolute Gasteiger partial charge is 0.252 e. The van der Waals surface area contributed by atoms with E-state index in [1.807, 2.05) is 36.1 Å². The molecule has 7 nitrogen and oxygen atoms in total. The fourth-order valence-corrected chi connectivity index (χ4v) is 7.60. The fourth-order valence-electron chi connectivity index (χ4n) is 6.97. The van der Waals surface area contributed by atoms with Gasteiger partial charge >= 0.3 is 0 Å². The second-order valence-electron chi connectivity index (χ2n) is 12.3. The number of rotatable bonds is 11. The molecule has 226 valence electrons. The summed E-state index contributed by atoms with van der Waals surface area (Å²) in [6.45, 7) is 5.55. The number of sulfone groups is 1. The Morgan fingerprint density at radius 2 is 1.67 bits per heavy atom. The average molecular weight is 592 g/mol. The summed E-state index contributed by atoms with van der Waals surface area (Å²) in [5.74, 6) is 0.692. The molecule has 1 N–H and O–H groups in total. The van der Waals surface area contributed by atoms with Crippen LogP contribution in [0, 0.1) is 5.92 Å². The first kappa shape index (κ1) is 30.5. The van der Waals surface area contributed by atoms with Crippen LogP contribution in [0.15, 0.2) is 53.4 Å². The highest BCUT2D eigenvalue weighted by molar-refractivity contribution is 7.90. The quantitative estimate of drug-likeness (QED) is 0.434. The highest BCUT2D eigenvalue weighted by atomic mass is 32.2. The Bertz CT molecular complexity index is 1490. The molecular weight excluding hydrogens is 546 g/mol. The first-order valence-corrected chi connectivity index (χ1v) is 17.5. The van der Waals surface area contributed by atoms with Crippen LogP contribution in [0.25, 0.3) is 11.6 Å². The van der Waals surface area contributed by atoms with E-state index in [0.717, 1.165) is 60.5 Å².